The lowest BCUT2D eigenvalue weighted by molar-refractivity contribution is 0.251. The zero-order chi connectivity index (χ0) is 15.4. The molecule has 0 spiro atoms. The van der Waals surface area contributed by atoms with Crippen LogP contribution in [0.25, 0.3) is 0 Å². The van der Waals surface area contributed by atoms with Crippen molar-refractivity contribution in [3.8, 4) is 0 Å². The summed E-state index contributed by atoms with van der Waals surface area (Å²) in [5, 5.41) is 6.57. The summed E-state index contributed by atoms with van der Waals surface area (Å²) in [4.78, 5) is 15.6. The van der Waals surface area contributed by atoms with Gasteiger partial charge >= 0.3 is 6.03 Å². The van der Waals surface area contributed by atoms with Crippen molar-refractivity contribution in [1.82, 2.24) is 10.3 Å². The highest BCUT2D eigenvalue weighted by atomic mass is 35.5. The molecule has 0 fully saturated rings. The molecule has 2 rings (SSSR count). The smallest absolute Gasteiger partial charge is 0.319 e. The molecule has 8 heteroatoms. The van der Waals surface area contributed by atoms with Crippen LogP contribution in [0.15, 0.2) is 30.3 Å². The number of halogens is 4. The molecule has 0 aliphatic rings. The number of aromatic nitrogens is 1. The number of nitrogens with zero attached hydrogens (tertiary/aromatic N) is 1. The van der Waals surface area contributed by atoms with E-state index in [1.54, 1.807) is 18.2 Å². The van der Waals surface area contributed by atoms with Gasteiger partial charge in [0.2, 0.25) is 0 Å². The molecule has 1 aromatic carbocycles. The summed E-state index contributed by atoms with van der Waals surface area (Å²) < 4.78 is 0. The first-order valence-corrected chi connectivity index (χ1v) is 7.27. The van der Waals surface area contributed by atoms with Gasteiger partial charge in [-0.1, -0.05) is 52.5 Å². The fourth-order valence-corrected chi connectivity index (χ4v) is 2.33. The molecule has 2 aromatic rings. The number of hydrogen-bond donors (Lipinski definition) is 2. The molecule has 4 nitrogen and oxygen atoms in total. The quantitative estimate of drug-likeness (QED) is 0.751. The zero-order valence-corrected chi connectivity index (χ0v) is 13.5. The second kappa shape index (κ2) is 7.18. The van der Waals surface area contributed by atoms with Crippen molar-refractivity contribution in [3.63, 3.8) is 0 Å². The Balaban J connectivity index is 1.94. The number of nitrogens with one attached hydrogen (secondary N) is 2. The van der Waals surface area contributed by atoms with Gasteiger partial charge in [0.05, 0.1) is 10.0 Å². The molecule has 1 heterocycles. The van der Waals surface area contributed by atoms with Gasteiger partial charge < -0.3 is 10.6 Å². The van der Waals surface area contributed by atoms with Crippen LogP contribution in [0.2, 0.25) is 20.4 Å². The Morgan fingerprint density at radius 2 is 1.67 bits per heavy atom. The average molecular weight is 365 g/mol. The molecule has 0 unspecified atom stereocenters. The Hall–Kier alpha value is -1.20. The number of benzene rings is 1. The molecule has 21 heavy (non-hydrogen) atoms. The van der Waals surface area contributed by atoms with Gasteiger partial charge in [-0.05, 0) is 29.8 Å². The van der Waals surface area contributed by atoms with Crippen LogP contribution < -0.4 is 10.6 Å². The van der Waals surface area contributed by atoms with Gasteiger partial charge in [0, 0.05) is 12.2 Å². The second-order valence-corrected chi connectivity index (χ2v) is 5.65. The number of carbonyl (C=O) groups is 1. The number of amides is 2. The highest BCUT2D eigenvalue weighted by Crippen LogP contribution is 2.22. The maximum absolute atomic E-state index is 11.8. The van der Waals surface area contributed by atoms with E-state index in [0.29, 0.717) is 22.3 Å². The van der Waals surface area contributed by atoms with Gasteiger partial charge in [-0.3, -0.25) is 0 Å². The zero-order valence-electron chi connectivity index (χ0n) is 10.5. The van der Waals surface area contributed by atoms with Crippen molar-refractivity contribution in [2.75, 3.05) is 5.32 Å². The van der Waals surface area contributed by atoms with Crippen LogP contribution in [0.3, 0.4) is 0 Å². The van der Waals surface area contributed by atoms with E-state index in [1.807, 2.05) is 0 Å². The minimum Gasteiger partial charge on any atom is -0.334 e. The average Bonchev–Trinajstić information content (AvgIpc) is 2.39. The predicted molar refractivity (Wildman–Crippen MR) is 86.6 cm³/mol. The number of hydrogen-bond acceptors (Lipinski definition) is 2. The number of carbonyl (C=O) groups excluding carboxylic acids is 1. The Morgan fingerprint density at radius 3 is 2.29 bits per heavy atom. The lowest BCUT2D eigenvalue weighted by Crippen LogP contribution is -2.28. The number of rotatable bonds is 3. The highest BCUT2D eigenvalue weighted by Gasteiger charge is 2.05. The monoisotopic (exact) mass is 363 g/mol. The summed E-state index contributed by atoms with van der Waals surface area (Å²) in [6.45, 7) is 0.301. The third kappa shape index (κ3) is 4.93. The first kappa shape index (κ1) is 16.2. The van der Waals surface area contributed by atoms with Crippen molar-refractivity contribution in [1.29, 1.82) is 0 Å². The lowest BCUT2D eigenvalue weighted by Gasteiger charge is -2.09. The molecular formula is C13H9Cl4N3O. The van der Waals surface area contributed by atoms with Crippen LogP contribution in [0.1, 0.15) is 5.56 Å². The topological polar surface area (TPSA) is 54.0 Å². The summed E-state index contributed by atoms with van der Waals surface area (Å²) in [6.07, 6.45) is 0. The maximum atomic E-state index is 11.8. The number of pyridine rings is 1. The van der Waals surface area contributed by atoms with E-state index >= 15 is 0 Å². The molecule has 0 bridgehead atoms. The molecule has 2 N–H and O–H groups in total. The molecule has 0 aliphatic heterocycles. The summed E-state index contributed by atoms with van der Waals surface area (Å²) in [5.41, 5.74) is 1.27. The first-order valence-electron chi connectivity index (χ1n) is 5.76. The van der Waals surface area contributed by atoms with Crippen LogP contribution in [0.5, 0.6) is 0 Å². The molecule has 110 valence electrons. The largest absolute Gasteiger partial charge is 0.334 e. The van der Waals surface area contributed by atoms with E-state index < -0.39 is 6.03 Å². The van der Waals surface area contributed by atoms with Crippen molar-refractivity contribution >= 4 is 58.1 Å². The molecule has 2 amide bonds. The van der Waals surface area contributed by atoms with Crippen molar-refractivity contribution in [2.45, 2.75) is 6.54 Å². The van der Waals surface area contributed by atoms with Crippen LogP contribution >= 0.6 is 46.4 Å². The predicted octanol–water partition coefficient (Wildman–Crippen LogP) is 5.02. The van der Waals surface area contributed by atoms with Crippen LogP contribution in [0.4, 0.5) is 10.5 Å². The Morgan fingerprint density at radius 1 is 1.00 bits per heavy atom. The summed E-state index contributed by atoms with van der Waals surface area (Å²) in [5.74, 6) is 0. The van der Waals surface area contributed by atoms with E-state index in [-0.39, 0.29) is 10.3 Å². The van der Waals surface area contributed by atoms with Crippen LogP contribution in [-0.4, -0.2) is 11.0 Å². The normalized spacial score (nSPS) is 10.3. The number of urea groups is 1. The Kier molecular flexibility index (Phi) is 5.53. The fraction of sp³-hybridized carbons (Fsp3) is 0.0769. The van der Waals surface area contributed by atoms with Crippen LogP contribution in [-0.2, 0) is 6.54 Å². The minimum atomic E-state index is -0.403. The van der Waals surface area contributed by atoms with Gasteiger partial charge in [0.1, 0.15) is 10.3 Å². The van der Waals surface area contributed by atoms with E-state index in [9.17, 15) is 4.79 Å². The molecule has 1 aromatic heterocycles. The molecule has 0 aliphatic carbocycles. The summed E-state index contributed by atoms with van der Waals surface area (Å²) in [6, 6.07) is 7.71. The lowest BCUT2D eigenvalue weighted by atomic mass is 10.2. The van der Waals surface area contributed by atoms with Crippen LogP contribution in [0, 0.1) is 0 Å². The van der Waals surface area contributed by atoms with Crippen molar-refractivity contribution < 1.29 is 4.79 Å². The summed E-state index contributed by atoms with van der Waals surface area (Å²) >= 11 is 23.2. The second-order valence-electron chi connectivity index (χ2n) is 4.06. The highest BCUT2D eigenvalue weighted by molar-refractivity contribution is 6.42. The first-order chi connectivity index (χ1) is 9.94. The standard InChI is InChI=1S/C13H9Cl4N3O/c14-9-2-1-7(3-10(9)15)6-18-13(21)19-8-4-11(16)20-12(17)5-8/h1-5H,6H2,(H2,18,19,20,21). The molecule has 0 saturated heterocycles. The minimum absolute atomic E-state index is 0.197. The van der Waals surface area contributed by atoms with Gasteiger partial charge in [0.25, 0.3) is 0 Å². The maximum Gasteiger partial charge on any atom is 0.319 e. The molecular weight excluding hydrogens is 356 g/mol. The summed E-state index contributed by atoms with van der Waals surface area (Å²) in [7, 11) is 0. The van der Waals surface area contributed by atoms with Crippen molar-refractivity contribution in [3.05, 3.63) is 56.2 Å². The third-order valence-corrected chi connectivity index (χ3v) is 3.58. The van der Waals surface area contributed by atoms with Gasteiger partial charge in [-0.2, -0.15) is 0 Å². The molecule has 0 radical (unpaired) electrons. The van der Waals surface area contributed by atoms with E-state index in [2.05, 4.69) is 15.6 Å². The van der Waals surface area contributed by atoms with E-state index in [0.717, 1.165) is 5.56 Å². The van der Waals surface area contributed by atoms with E-state index in [4.69, 9.17) is 46.4 Å². The van der Waals surface area contributed by atoms with Gasteiger partial charge in [-0.25, -0.2) is 9.78 Å². The third-order valence-electron chi connectivity index (χ3n) is 2.46. The van der Waals surface area contributed by atoms with Gasteiger partial charge in [0.15, 0.2) is 0 Å². The van der Waals surface area contributed by atoms with Crippen molar-refractivity contribution in [2.24, 2.45) is 0 Å². The fourth-order valence-electron chi connectivity index (χ4n) is 1.54. The molecule has 0 atom stereocenters. The van der Waals surface area contributed by atoms with Gasteiger partial charge in [-0.15, -0.1) is 0 Å². The Labute approximate surface area is 141 Å². The number of anilines is 1. The molecule has 0 saturated carbocycles. The SMILES string of the molecule is O=C(NCc1ccc(Cl)c(Cl)c1)Nc1cc(Cl)nc(Cl)c1. The van der Waals surface area contributed by atoms with E-state index in [1.165, 1.54) is 12.1 Å². The Bertz CT molecular complexity index is 658.